The fraction of sp³-hybridized carbons (Fsp3) is 0.417. The average Bonchev–Trinajstić information content (AvgIpc) is 2.23. The van der Waals surface area contributed by atoms with Gasteiger partial charge in [0.15, 0.2) is 5.78 Å². The van der Waals surface area contributed by atoms with Gasteiger partial charge in [0.2, 0.25) is 0 Å². The Bertz CT molecular complexity index is 445. The molecule has 0 fully saturated rings. The number of ketones is 1. The Hall–Kier alpha value is -0.540. The summed E-state index contributed by atoms with van der Waals surface area (Å²) in [6, 6.07) is 2.78. The van der Waals surface area contributed by atoms with Crippen molar-refractivity contribution in [1.82, 2.24) is 0 Å². The second-order valence-corrected chi connectivity index (χ2v) is 5.76. The Labute approximate surface area is 103 Å². The molecule has 4 heteroatoms. The maximum absolute atomic E-state index is 13.5. The Morgan fingerprint density at radius 1 is 1.50 bits per heavy atom. The zero-order chi connectivity index (χ0) is 11.9. The molecule has 86 valence electrons. The molecular formula is C12H12ClFOS. The largest absolute Gasteiger partial charge is 0.293 e. The average molecular weight is 259 g/mol. The highest BCUT2D eigenvalue weighted by Gasteiger charge is 2.33. The Morgan fingerprint density at radius 3 is 2.81 bits per heavy atom. The summed E-state index contributed by atoms with van der Waals surface area (Å²) >= 11 is 7.48. The number of fused-ring (bicyclic) bond motifs is 1. The number of Topliss-reactive ketones (excluding diaryl/α,β-unsaturated/α-hetero) is 1. The van der Waals surface area contributed by atoms with Crippen molar-refractivity contribution in [3.05, 3.63) is 34.1 Å². The molecule has 0 aromatic heterocycles. The number of carbonyl (C=O) groups excluding carboxylic acids is 1. The Morgan fingerprint density at radius 2 is 2.19 bits per heavy atom. The van der Waals surface area contributed by atoms with Crippen LogP contribution in [0.3, 0.4) is 0 Å². The summed E-state index contributed by atoms with van der Waals surface area (Å²) in [4.78, 5) is 12.2. The van der Waals surface area contributed by atoms with E-state index in [1.165, 1.54) is 23.9 Å². The summed E-state index contributed by atoms with van der Waals surface area (Å²) in [6.07, 6.45) is 0. The van der Waals surface area contributed by atoms with Crippen molar-refractivity contribution in [2.45, 2.75) is 24.9 Å². The minimum Gasteiger partial charge on any atom is -0.293 e. The van der Waals surface area contributed by atoms with Gasteiger partial charge in [-0.1, -0.05) is 25.4 Å². The van der Waals surface area contributed by atoms with Crippen molar-refractivity contribution in [3.63, 3.8) is 0 Å². The van der Waals surface area contributed by atoms with Crippen molar-refractivity contribution in [2.75, 3.05) is 0 Å². The van der Waals surface area contributed by atoms with E-state index in [-0.39, 0.29) is 22.8 Å². The molecule has 0 saturated carbocycles. The predicted molar refractivity (Wildman–Crippen MR) is 65.7 cm³/mol. The predicted octanol–water partition coefficient (Wildman–Crippen LogP) is 3.93. The van der Waals surface area contributed by atoms with Crippen LogP contribution in [0.2, 0.25) is 5.02 Å². The number of carbonyl (C=O) groups is 1. The molecule has 1 atom stereocenters. The normalized spacial score (nSPS) is 20.1. The van der Waals surface area contributed by atoms with E-state index in [9.17, 15) is 9.18 Å². The number of thioether (sulfide) groups is 1. The van der Waals surface area contributed by atoms with Gasteiger partial charge in [0.05, 0.1) is 10.3 Å². The van der Waals surface area contributed by atoms with Gasteiger partial charge in [0.25, 0.3) is 0 Å². The van der Waals surface area contributed by atoms with E-state index in [1.54, 1.807) is 0 Å². The first-order valence-corrected chi connectivity index (χ1v) is 6.57. The molecule has 2 rings (SSSR count). The number of hydrogen-bond donors (Lipinski definition) is 0. The van der Waals surface area contributed by atoms with Crippen LogP contribution in [0, 0.1) is 11.7 Å². The smallest absolute Gasteiger partial charge is 0.177 e. The minimum absolute atomic E-state index is 0.0363. The lowest BCUT2D eigenvalue weighted by Crippen LogP contribution is -2.28. The summed E-state index contributed by atoms with van der Waals surface area (Å²) in [5.41, 5.74) is 0.846. The molecule has 1 aromatic rings. The van der Waals surface area contributed by atoms with Gasteiger partial charge in [-0.3, -0.25) is 4.79 Å². The van der Waals surface area contributed by atoms with Gasteiger partial charge in [-0.05, 0) is 18.1 Å². The third kappa shape index (κ3) is 1.87. The molecular weight excluding hydrogens is 247 g/mol. The molecule has 1 aromatic carbocycles. The number of rotatable bonds is 1. The van der Waals surface area contributed by atoms with Crippen LogP contribution in [-0.2, 0) is 5.75 Å². The van der Waals surface area contributed by atoms with E-state index in [4.69, 9.17) is 11.6 Å². The van der Waals surface area contributed by atoms with Crippen LogP contribution in [0.15, 0.2) is 12.1 Å². The SMILES string of the molecule is CC(C)C1SCc2c(F)ccc(Cl)c2C1=O. The summed E-state index contributed by atoms with van der Waals surface area (Å²) in [5, 5.41) is 0.263. The molecule has 1 heterocycles. The van der Waals surface area contributed by atoms with E-state index in [0.29, 0.717) is 21.9 Å². The van der Waals surface area contributed by atoms with Gasteiger partial charge in [-0.15, -0.1) is 11.8 Å². The number of benzene rings is 1. The van der Waals surface area contributed by atoms with E-state index >= 15 is 0 Å². The molecule has 1 unspecified atom stereocenters. The van der Waals surface area contributed by atoms with Crippen LogP contribution in [0.1, 0.15) is 29.8 Å². The zero-order valence-corrected chi connectivity index (χ0v) is 10.7. The van der Waals surface area contributed by atoms with Crippen LogP contribution < -0.4 is 0 Å². The fourth-order valence-corrected chi connectivity index (χ4v) is 3.44. The maximum Gasteiger partial charge on any atom is 0.177 e. The Kier molecular flexibility index (Phi) is 3.27. The van der Waals surface area contributed by atoms with Crippen LogP contribution in [0.5, 0.6) is 0 Å². The van der Waals surface area contributed by atoms with Gasteiger partial charge in [-0.2, -0.15) is 0 Å². The standard InChI is InChI=1S/C12H12ClFOS/c1-6(2)12-11(15)10-7(5-16-12)9(14)4-3-8(10)13/h3-4,6,12H,5H2,1-2H3. The lowest BCUT2D eigenvalue weighted by molar-refractivity contribution is 0.0972. The highest BCUT2D eigenvalue weighted by atomic mass is 35.5. The first-order valence-electron chi connectivity index (χ1n) is 5.15. The molecule has 0 amide bonds. The van der Waals surface area contributed by atoms with Crippen LogP contribution in [0.25, 0.3) is 0 Å². The molecule has 0 saturated heterocycles. The molecule has 1 aliphatic heterocycles. The molecule has 1 aliphatic rings. The molecule has 0 bridgehead atoms. The second kappa shape index (κ2) is 4.38. The highest BCUT2D eigenvalue weighted by molar-refractivity contribution is 8.00. The zero-order valence-electron chi connectivity index (χ0n) is 9.09. The van der Waals surface area contributed by atoms with Crippen molar-refractivity contribution in [1.29, 1.82) is 0 Å². The first-order chi connectivity index (χ1) is 7.52. The third-order valence-electron chi connectivity index (χ3n) is 2.72. The van der Waals surface area contributed by atoms with E-state index in [2.05, 4.69) is 0 Å². The van der Waals surface area contributed by atoms with Gasteiger partial charge in [-0.25, -0.2) is 4.39 Å². The quantitative estimate of drug-likeness (QED) is 0.759. The van der Waals surface area contributed by atoms with Gasteiger partial charge in [0.1, 0.15) is 5.82 Å². The van der Waals surface area contributed by atoms with E-state index in [1.807, 2.05) is 13.8 Å². The molecule has 1 nitrogen and oxygen atoms in total. The van der Waals surface area contributed by atoms with Crippen LogP contribution in [0.4, 0.5) is 4.39 Å². The van der Waals surface area contributed by atoms with E-state index < -0.39 is 0 Å². The topological polar surface area (TPSA) is 17.1 Å². The number of halogens is 2. The molecule has 0 N–H and O–H groups in total. The molecule has 16 heavy (non-hydrogen) atoms. The van der Waals surface area contributed by atoms with Gasteiger partial charge in [0, 0.05) is 16.9 Å². The number of hydrogen-bond acceptors (Lipinski definition) is 2. The van der Waals surface area contributed by atoms with Gasteiger partial charge < -0.3 is 0 Å². The first kappa shape index (κ1) is 11.9. The highest BCUT2D eigenvalue weighted by Crippen LogP contribution is 2.38. The monoisotopic (exact) mass is 258 g/mol. The Balaban J connectivity index is 2.52. The fourth-order valence-electron chi connectivity index (χ4n) is 1.89. The molecule has 0 aliphatic carbocycles. The summed E-state index contributed by atoms with van der Waals surface area (Å²) in [5.74, 6) is 0.397. The second-order valence-electron chi connectivity index (χ2n) is 4.22. The summed E-state index contributed by atoms with van der Waals surface area (Å²) in [7, 11) is 0. The van der Waals surface area contributed by atoms with Crippen LogP contribution in [-0.4, -0.2) is 11.0 Å². The lowest BCUT2D eigenvalue weighted by Gasteiger charge is -2.26. The minimum atomic E-state index is -0.331. The van der Waals surface area contributed by atoms with Crippen molar-refractivity contribution in [3.8, 4) is 0 Å². The maximum atomic E-state index is 13.5. The summed E-state index contributed by atoms with van der Waals surface area (Å²) in [6.45, 7) is 3.99. The van der Waals surface area contributed by atoms with Gasteiger partial charge >= 0.3 is 0 Å². The van der Waals surface area contributed by atoms with Crippen molar-refractivity contribution >= 4 is 29.1 Å². The molecule has 0 radical (unpaired) electrons. The van der Waals surface area contributed by atoms with Crippen molar-refractivity contribution < 1.29 is 9.18 Å². The van der Waals surface area contributed by atoms with Crippen LogP contribution >= 0.6 is 23.4 Å². The lowest BCUT2D eigenvalue weighted by atomic mass is 9.96. The summed E-state index contributed by atoms with van der Waals surface area (Å²) < 4.78 is 13.5. The third-order valence-corrected chi connectivity index (χ3v) is 4.61. The van der Waals surface area contributed by atoms with E-state index in [0.717, 1.165) is 0 Å². The van der Waals surface area contributed by atoms with Crippen molar-refractivity contribution in [2.24, 2.45) is 5.92 Å². The molecule has 0 spiro atoms.